The average molecular weight is 1030 g/mol. The molecule has 4 N–H and O–H groups in total. The summed E-state index contributed by atoms with van der Waals surface area (Å²) in [6.07, 6.45) is 67.8. The summed E-state index contributed by atoms with van der Waals surface area (Å²) in [5, 5.41) is 40.4. The first-order valence-electron chi connectivity index (χ1n) is 30.2. The van der Waals surface area contributed by atoms with Gasteiger partial charge in [0.15, 0.2) is 6.29 Å². The van der Waals surface area contributed by atoms with Crippen LogP contribution in [0.5, 0.6) is 0 Å². The number of rotatable bonds is 52. The maximum absolute atomic E-state index is 12.9. The lowest BCUT2D eigenvalue weighted by Crippen LogP contribution is -2.59. The molecule has 6 atom stereocenters. The zero-order chi connectivity index (χ0) is 52.8. The minimum absolute atomic E-state index is 0.129. The molecule has 9 nitrogen and oxygen atoms in total. The van der Waals surface area contributed by atoms with Gasteiger partial charge in [0.05, 0.1) is 19.8 Å². The molecule has 1 fully saturated rings. The summed E-state index contributed by atoms with van der Waals surface area (Å²) < 4.78 is 23.0. The Morgan fingerprint density at radius 2 is 0.836 bits per heavy atom. The van der Waals surface area contributed by atoms with Crippen LogP contribution in [0.4, 0.5) is 0 Å². The SMILES string of the molecule is CC/C=C\C/C=C\C/C=C\C/C=C\C/C=C\C/C=C\C/C=C\CCCCCC(=O)OC(COCCCCCCCCCCCCCCCCCCCCCCCCCCC)COC1OC(CO)C(O)C(O)C1O. The van der Waals surface area contributed by atoms with Crippen molar-refractivity contribution in [3.8, 4) is 0 Å². The standard InChI is InChI=1S/C64H112O9/c1-3-5-7-9-11-13-15-17-19-21-23-25-27-29-31-33-35-37-39-41-43-45-47-49-51-53-60(66)72-58(57-71-64-63(69)62(68)61(67)59(55-65)73-64)56-70-54-52-50-48-46-44-42-40-38-36-34-32-30-28-26-24-22-20-18-16-14-12-10-8-6-4-2/h5,7,11,13,17,19,23,25,29,31,35,37,41,43,58-59,61-65,67-69H,3-4,6,8-10,12,14-16,18,20-22,24,26-28,30,32-34,36,38-40,42,44-57H2,1-2H3/b7-5-,13-11-,19-17-,25-23-,31-29-,37-35-,43-41-. The zero-order valence-corrected chi connectivity index (χ0v) is 46.9. The van der Waals surface area contributed by atoms with Gasteiger partial charge in [-0.05, 0) is 70.6 Å². The van der Waals surface area contributed by atoms with Crippen LogP contribution in [-0.2, 0) is 23.7 Å². The fraction of sp³-hybridized carbons (Fsp3) is 0.766. The van der Waals surface area contributed by atoms with Gasteiger partial charge in [-0.1, -0.05) is 259 Å². The van der Waals surface area contributed by atoms with Crippen molar-refractivity contribution in [1.82, 2.24) is 0 Å². The number of aliphatic hydroxyl groups excluding tert-OH is 4. The van der Waals surface area contributed by atoms with Crippen LogP contribution in [0.25, 0.3) is 0 Å². The fourth-order valence-electron chi connectivity index (χ4n) is 8.95. The molecule has 422 valence electrons. The average Bonchev–Trinajstić information content (AvgIpc) is 3.39. The Bertz CT molecular complexity index is 1400. The molecule has 0 bridgehead atoms. The van der Waals surface area contributed by atoms with E-state index in [-0.39, 0.29) is 25.6 Å². The first-order chi connectivity index (χ1) is 35.9. The molecule has 9 heteroatoms. The quantitative estimate of drug-likeness (QED) is 0.0267. The highest BCUT2D eigenvalue weighted by atomic mass is 16.7. The number of hydrogen-bond acceptors (Lipinski definition) is 9. The highest BCUT2D eigenvalue weighted by molar-refractivity contribution is 5.69. The Labute approximate surface area is 448 Å². The molecule has 0 aliphatic carbocycles. The van der Waals surface area contributed by atoms with Crippen molar-refractivity contribution in [2.45, 2.75) is 288 Å². The fourth-order valence-corrected chi connectivity index (χ4v) is 8.95. The molecule has 0 aromatic carbocycles. The monoisotopic (exact) mass is 1020 g/mol. The first-order valence-corrected chi connectivity index (χ1v) is 30.2. The van der Waals surface area contributed by atoms with Crippen LogP contribution < -0.4 is 0 Å². The molecule has 1 rings (SSSR count). The van der Waals surface area contributed by atoms with Crippen LogP contribution in [0.2, 0.25) is 0 Å². The van der Waals surface area contributed by atoms with E-state index in [1.807, 2.05) is 0 Å². The van der Waals surface area contributed by atoms with E-state index >= 15 is 0 Å². The number of allylic oxidation sites excluding steroid dienone is 14. The van der Waals surface area contributed by atoms with E-state index in [0.717, 1.165) is 77.0 Å². The molecule has 1 aliphatic heterocycles. The smallest absolute Gasteiger partial charge is 0.306 e. The van der Waals surface area contributed by atoms with Crippen molar-refractivity contribution in [2.24, 2.45) is 0 Å². The molecule has 0 spiro atoms. The Kier molecular flexibility index (Phi) is 50.7. The second-order valence-electron chi connectivity index (χ2n) is 20.4. The van der Waals surface area contributed by atoms with E-state index in [9.17, 15) is 25.2 Å². The Hall–Kier alpha value is -2.63. The van der Waals surface area contributed by atoms with E-state index in [2.05, 4.69) is 98.9 Å². The van der Waals surface area contributed by atoms with Crippen LogP contribution in [0.3, 0.4) is 0 Å². The molecule has 0 aromatic heterocycles. The van der Waals surface area contributed by atoms with E-state index < -0.39 is 43.4 Å². The maximum Gasteiger partial charge on any atom is 0.306 e. The zero-order valence-electron chi connectivity index (χ0n) is 46.9. The summed E-state index contributed by atoms with van der Waals surface area (Å²) in [6.45, 7) is 4.44. The first kappa shape index (κ1) is 68.4. The molecule has 0 amide bonds. The highest BCUT2D eigenvalue weighted by Crippen LogP contribution is 2.23. The molecular weight excluding hydrogens is 913 g/mol. The molecule has 1 saturated heterocycles. The second kappa shape index (κ2) is 54.2. The molecule has 0 aromatic rings. The van der Waals surface area contributed by atoms with Gasteiger partial charge in [-0.15, -0.1) is 0 Å². The van der Waals surface area contributed by atoms with Gasteiger partial charge >= 0.3 is 5.97 Å². The van der Waals surface area contributed by atoms with Crippen LogP contribution in [0.1, 0.15) is 251 Å². The number of carbonyl (C=O) groups is 1. The van der Waals surface area contributed by atoms with Crippen molar-refractivity contribution in [3.05, 3.63) is 85.1 Å². The number of aliphatic hydroxyl groups is 4. The molecule has 1 aliphatic rings. The van der Waals surface area contributed by atoms with Gasteiger partial charge in [-0.25, -0.2) is 0 Å². The Morgan fingerprint density at radius 3 is 1.25 bits per heavy atom. The molecule has 0 saturated carbocycles. The van der Waals surface area contributed by atoms with E-state index in [0.29, 0.717) is 13.0 Å². The number of ether oxygens (including phenoxy) is 4. The number of esters is 1. The topological polar surface area (TPSA) is 135 Å². The van der Waals surface area contributed by atoms with Crippen LogP contribution in [0, 0.1) is 0 Å². The predicted octanol–water partition coefficient (Wildman–Crippen LogP) is 16.1. The predicted molar refractivity (Wildman–Crippen MR) is 307 cm³/mol. The number of carbonyl (C=O) groups excluding carboxylic acids is 1. The van der Waals surface area contributed by atoms with Gasteiger partial charge < -0.3 is 39.4 Å². The summed E-state index contributed by atoms with van der Waals surface area (Å²) in [7, 11) is 0. The summed E-state index contributed by atoms with van der Waals surface area (Å²) in [5.41, 5.74) is 0. The second-order valence-corrected chi connectivity index (χ2v) is 20.4. The van der Waals surface area contributed by atoms with Gasteiger partial charge in [0.25, 0.3) is 0 Å². The lowest BCUT2D eigenvalue weighted by molar-refractivity contribution is -0.305. The van der Waals surface area contributed by atoms with E-state index in [1.165, 1.54) is 148 Å². The normalized spacial score (nSPS) is 19.2. The largest absolute Gasteiger partial charge is 0.457 e. The van der Waals surface area contributed by atoms with Crippen LogP contribution in [-0.4, -0.2) is 89.6 Å². The minimum Gasteiger partial charge on any atom is -0.457 e. The van der Waals surface area contributed by atoms with Crippen LogP contribution >= 0.6 is 0 Å². The van der Waals surface area contributed by atoms with Crippen molar-refractivity contribution in [3.63, 3.8) is 0 Å². The van der Waals surface area contributed by atoms with Gasteiger partial charge in [-0.3, -0.25) is 4.79 Å². The lowest BCUT2D eigenvalue weighted by atomic mass is 9.99. The van der Waals surface area contributed by atoms with Gasteiger partial charge in [-0.2, -0.15) is 0 Å². The Balaban J connectivity index is 2.17. The third-order valence-electron chi connectivity index (χ3n) is 13.6. The summed E-state index contributed by atoms with van der Waals surface area (Å²) in [4.78, 5) is 12.9. The molecule has 6 unspecified atom stereocenters. The molecule has 73 heavy (non-hydrogen) atoms. The number of unbranched alkanes of at least 4 members (excludes halogenated alkanes) is 27. The molecular formula is C64H112O9. The summed E-state index contributed by atoms with van der Waals surface area (Å²) in [6, 6.07) is 0. The third kappa shape index (κ3) is 44.2. The van der Waals surface area contributed by atoms with Gasteiger partial charge in [0.1, 0.15) is 30.5 Å². The van der Waals surface area contributed by atoms with Crippen molar-refractivity contribution >= 4 is 5.97 Å². The van der Waals surface area contributed by atoms with E-state index in [4.69, 9.17) is 18.9 Å². The van der Waals surface area contributed by atoms with Gasteiger partial charge in [0, 0.05) is 13.0 Å². The van der Waals surface area contributed by atoms with E-state index in [1.54, 1.807) is 0 Å². The Morgan fingerprint density at radius 1 is 0.452 bits per heavy atom. The van der Waals surface area contributed by atoms with Crippen LogP contribution in [0.15, 0.2) is 85.1 Å². The van der Waals surface area contributed by atoms with Crippen molar-refractivity contribution < 1.29 is 44.2 Å². The minimum atomic E-state index is -1.55. The van der Waals surface area contributed by atoms with Gasteiger partial charge in [0.2, 0.25) is 0 Å². The molecule has 1 heterocycles. The number of hydrogen-bond donors (Lipinski definition) is 4. The molecule has 0 radical (unpaired) electrons. The highest BCUT2D eigenvalue weighted by Gasteiger charge is 2.44. The third-order valence-corrected chi connectivity index (χ3v) is 13.6. The summed E-state index contributed by atoms with van der Waals surface area (Å²) in [5.74, 6) is -0.343. The van der Waals surface area contributed by atoms with Crippen molar-refractivity contribution in [1.29, 1.82) is 0 Å². The maximum atomic E-state index is 12.9. The lowest BCUT2D eigenvalue weighted by Gasteiger charge is -2.39. The summed E-state index contributed by atoms with van der Waals surface area (Å²) >= 11 is 0. The van der Waals surface area contributed by atoms with Crippen molar-refractivity contribution in [2.75, 3.05) is 26.4 Å².